The summed E-state index contributed by atoms with van der Waals surface area (Å²) in [7, 11) is 0. The number of benzene rings is 2. The number of phenolic OH excluding ortho intramolecular Hbond substituents is 1. The van der Waals surface area contributed by atoms with Crippen molar-refractivity contribution in [1.82, 2.24) is 5.43 Å². The Labute approximate surface area is 133 Å². The first-order valence-electron chi connectivity index (χ1n) is 6.64. The van der Waals surface area contributed by atoms with Crippen LogP contribution in [-0.4, -0.2) is 16.8 Å². The van der Waals surface area contributed by atoms with Gasteiger partial charge in [0.1, 0.15) is 5.75 Å². The van der Waals surface area contributed by atoms with Crippen molar-refractivity contribution in [3.63, 3.8) is 0 Å². The highest BCUT2D eigenvalue weighted by atomic mass is 35.5. The van der Waals surface area contributed by atoms with Gasteiger partial charge in [-0.15, -0.1) is 0 Å². The van der Waals surface area contributed by atoms with Gasteiger partial charge < -0.3 is 10.4 Å². The van der Waals surface area contributed by atoms with Gasteiger partial charge in [0.05, 0.1) is 5.71 Å². The zero-order valence-electron chi connectivity index (χ0n) is 12.2. The number of anilines is 1. The van der Waals surface area contributed by atoms with Crippen LogP contribution in [0, 0.1) is 6.92 Å². The molecule has 6 heteroatoms. The number of carbonyl (C=O) groups excluding carboxylic acids is 1. The number of halogens is 1. The van der Waals surface area contributed by atoms with Crippen molar-refractivity contribution in [3.8, 4) is 5.75 Å². The van der Waals surface area contributed by atoms with Gasteiger partial charge >= 0.3 is 6.03 Å². The van der Waals surface area contributed by atoms with Crippen LogP contribution in [0.1, 0.15) is 18.1 Å². The third-order valence-corrected chi connectivity index (χ3v) is 3.54. The molecule has 0 fully saturated rings. The predicted molar refractivity (Wildman–Crippen MR) is 88.7 cm³/mol. The normalized spacial score (nSPS) is 11.1. The van der Waals surface area contributed by atoms with Crippen LogP contribution in [0.5, 0.6) is 5.75 Å². The highest BCUT2D eigenvalue weighted by Crippen LogP contribution is 2.22. The second-order valence-corrected chi connectivity index (χ2v) is 5.10. The van der Waals surface area contributed by atoms with Crippen molar-refractivity contribution in [3.05, 3.63) is 58.6 Å². The van der Waals surface area contributed by atoms with Crippen LogP contribution >= 0.6 is 11.6 Å². The summed E-state index contributed by atoms with van der Waals surface area (Å²) in [5.41, 5.74) is 4.83. The molecule has 0 bridgehead atoms. The number of hydrazone groups is 1. The lowest BCUT2D eigenvalue weighted by atomic mass is 10.1. The zero-order chi connectivity index (χ0) is 16.1. The van der Waals surface area contributed by atoms with E-state index in [1.54, 1.807) is 49.4 Å². The Morgan fingerprint density at radius 2 is 1.91 bits per heavy atom. The molecule has 0 atom stereocenters. The number of aromatic hydroxyl groups is 1. The van der Waals surface area contributed by atoms with Gasteiger partial charge in [-0.2, -0.15) is 5.10 Å². The third kappa shape index (κ3) is 3.77. The van der Waals surface area contributed by atoms with Crippen molar-refractivity contribution in [2.24, 2.45) is 5.10 Å². The Kier molecular flexibility index (Phi) is 5.01. The van der Waals surface area contributed by atoms with E-state index in [4.69, 9.17) is 11.6 Å². The maximum Gasteiger partial charge on any atom is 0.339 e. The third-order valence-electron chi connectivity index (χ3n) is 3.13. The van der Waals surface area contributed by atoms with E-state index in [1.165, 1.54) is 0 Å². The van der Waals surface area contributed by atoms with Crippen LogP contribution in [0.2, 0.25) is 5.02 Å². The zero-order valence-corrected chi connectivity index (χ0v) is 13.0. The van der Waals surface area contributed by atoms with Crippen LogP contribution in [0.3, 0.4) is 0 Å². The molecule has 0 aliphatic rings. The summed E-state index contributed by atoms with van der Waals surface area (Å²) in [5, 5.41) is 16.9. The van der Waals surface area contributed by atoms with Gasteiger partial charge in [-0.1, -0.05) is 29.8 Å². The maximum atomic E-state index is 11.9. The molecule has 3 N–H and O–H groups in total. The highest BCUT2D eigenvalue weighted by molar-refractivity contribution is 6.31. The second-order valence-electron chi connectivity index (χ2n) is 4.69. The maximum absolute atomic E-state index is 11.9. The first kappa shape index (κ1) is 15.9. The number of nitrogens with zero attached hydrogens (tertiary/aromatic N) is 1. The lowest BCUT2D eigenvalue weighted by Gasteiger charge is -2.09. The Hall–Kier alpha value is -2.53. The number of amides is 2. The number of phenols is 1. The van der Waals surface area contributed by atoms with E-state index in [-0.39, 0.29) is 5.75 Å². The Morgan fingerprint density at radius 1 is 1.18 bits per heavy atom. The number of rotatable bonds is 3. The van der Waals surface area contributed by atoms with Gasteiger partial charge in [-0.3, -0.25) is 0 Å². The first-order valence-corrected chi connectivity index (χ1v) is 7.01. The van der Waals surface area contributed by atoms with E-state index >= 15 is 0 Å². The van der Waals surface area contributed by atoms with Crippen LogP contribution in [-0.2, 0) is 0 Å². The predicted octanol–water partition coefficient (Wildman–Crippen LogP) is 3.90. The quantitative estimate of drug-likeness (QED) is 0.593. The van der Waals surface area contributed by atoms with Crippen molar-refractivity contribution in [2.75, 3.05) is 5.32 Å². The summed E-state index contributed by atoms with van der Waals surface area (Å²) < 4.78 is 0. The van der Waals surface area contributed by atoms with Crippen molar-refractivity contribution in [1.29, 1.82) is 0 Å². The topological polar surface area (TPSA) is 73.7 Å². The van der Waals surface area contributed by atoms with E-state index in [0.29, 0.717) is 22.0 Å². The summed E-state index contributed by atoms with van der Waals surface area (Å²) in [5.74, 6) is 0.108. The molecule has 22 heavy (non-hydrogen) atoms. The van der Waals surface area contributed by atoms with E-state index in [1.807, 2.05) is 6.92 Å². The number of para-hydroxylation sites is 1. The molecule has 2 rings (SSSR count). The lowest BCUT2D eigenvalue weighted by molar-refractivity contribution is 0.252. The van der Waals surface area contributed by atoms with Gasteiger partial charge in [-0.25, -0.2) is 10.2 Å². The lowest BCUT2D eigenvalue weighted by Crippen LogP contribution is -2.25. The fourth-order valence-electron chi connectivity index (χ4n) is 1.87. The Bertz CT molecular complexity index is 729. The fraction of sp³-hybridized carbons (Fsp3) is 0.125. The molecule has 5 nitrogen and oxygen atoms in total. The molecular formula is C16H16ClN3O2. The molecular weight excluding hydrogens is 302 g/mol. The standard InChI is InChI=1S/C16H16ClN3O2/c1-10-13(17)7-5-8-14(10)18-16(22)20-19-11(2)12-6-3-4-9-15(12)21/h3-9,21H,1-2H3,(H2,18,20,22)/b19-11+. The number of hydrogen-bond donors (Lipinski definition) is 3. The van der Waals surface area contributed by atoms with E-state index in [2.05, 4.69) is 15.8 Å². The fourth-order valence-corrected chi connectivity index (χ4v) is 2.04. The van der Waals surface area contributed by atoms with Gasteiger partial charge in [0.15, 0.2) is 0 Å². The largest absolute Gasteiger partial charge is 0.507 e. The molecule has 2 amide bonds. The molecule has 0 unspecified atom stereocenters. The molecule has 2 aromatic rings. The molecule has 0 aliphatic heterocycles. The molecule has 0 spiro atoms. The summed E-state index contributed by atoms with van der Waals surface area (Å²) >= 11 is 6.00. The highest BCUT2D eigenvalue weighted by Gasteiger charge is 2.07. The minimum absolute atomic E-state index is 0.108. The van der Waals surface area contributed by atoms with Gasteiger partial charge in [0, 0.05) is 16.3 Å². The van der Waals surface area contributed by atoms with E-state index in [0.717, 1.165) is 5.56 Å². The van der Waals surface area contributed by atoms with Gasteiger partial charge in [-0.05, 0) is 43.7 Å². The molecule has 0 saturated heterocycles. The molecule has 2 aromatic carbocycles. The SMILES string of the molecule is C/C(=N\NC(=O)Nc1cccc(Cl)c1C)c1ccccc1O. The average Bonchev–Trinajstić information content (AvgIpc) is 2.50. The number of hydrogen-bond acceptors (Lipinski definition) is 3. The molecule has 0 aliphatic carbocycles. The Balaban J connectivity index is 2.05. The number of nitrogens with one attached hydrogen (secondary N) is 2. The second kappa shape index (κ2) is 6.95. The molecule has 0 saturated carbocycles. The van der Waals surface area contributed by atoms with Gasteiger partial charge in [0.2, 0.25) is 0 Å². The first-order chi connectivity index (χ1) is 10.5. The van der Waals surface area contributed by atoms with Gasteiger partial charge in [0.25, 0.3) is 0 Å². The molecule has 0 aromatic heterocycles. The number of urea groups is 1. The summed E-state index contributed by atoms with van der Waals surface area (Å²) in [6.45, 7) is 3.51. The molecule has 114 valence electrons. The van der Waals surface area contributed by atoms with Crippen LogP contribution in [0.4, 0.5) is 10.5 Å². The monoisotopic (exact) mass is 317 g/mol. The minimum Gasteiger partial charge on any atom is -0.507 e. The average molecular weight is 318 g/mol. The van der Waals surface area contributed by atoms with E-state index in [9.17, 15) is 9.90 Å². The van der Waals surface area contributed by atoms with Crippen molar-refractivity contribution < 1.29 is 9.90 Å². The van der Waals surface area contributed by atoms with Crippen molar-refractivity contribution in [2.45, 2.75) is 13.8 Å². The van der Waals surface area contributed by atoms with Crippen molar-refractivity contribution >= 4 is 29.0 Å². The number of carbonyl (C=O) groups is 1. The summed E-state index contributed by atoms with van der Waals surface area (Å²) in [4.78, 5) is 11.9. The molecule has 0 heterocycles. The minimum atomic E-state index is -0.486. The van der Waals surface area contributed by atoms with Crippen LogP contribution < -0.4 is 10.7 Å². The summed E-state index contributed by atoms with van der Waals surface area (Å²) in [6.07, 6.45) is 0. The van der Waals surface area contributed by atoms with Crippen LogP contribution in [0.25, 0.3) is 0 Å². The smallest absolute Gasteiger partial charge is 0.339 e. The summed E-state index contributed by atoms with van der Waals surface area (Å²) in [6, 6.07) is 11.5. The Morgan fingerprint density at radius 3 is 2.64 bits per heavy atom. The van der Waals surface area contributed by atoms with E-state index < -0.39 is 6.03 Å². The molecule has 0 radical (unpaired) electrons. The van der Waals surface area contributed by atoms with Crippen LogP contribution in [0.15, 0.2) is 47.6 Å².